The fraction of sp³-hybridized carbons (Fsp3) is 0. The summed E-state index contributed by atoms with van der Waals surface area (Å²) in [5.41, 5.74) is 5.78. The number of benzene rings is 3. The van der Waals surface area contributed by atoms with Crippen LogP contribution in [0, 0.1) is 0 Å². The second-order valence-corrected chi connectivity index (χ2v) is 10.2. The van der Waals surface area contributed by atoms with Crippen LogP contribution in [0.5, 0.6) is 0 Å². The maximum absolute atomic E-state index is 11.9. The Hall–Kier alpha value is -2.49. The van der Waals surface area contributed by atoms with Crippen LogP contribution in [-0.2, 0) is 13.9 Å². The van der Waals surface area contributed by atoms with Crippen LogP contribution in [-0.4, -0.2) is 35.3 Å². The molecule has 0 atom stereocenters. The molecule has 11 heteroatoms. The van der Waals surface area contributed by atoms with Gasteiger partial charge in [-0.15, -0.1) is 0 Å². The second-order valence-electron chi connectivity index (χ2n) is 5.57. The van der Waals surface area contributed by atoms with Crippen LogP contribution in [0.2, 0.25) is 0 Å². The number of anilines is 1. The minimum absolute atomic E-state index is 0.113. The Kier molecular flexibility index (Phi) is 4.93. The summed E-state index contributed by atoms with van der Waals surface area (Å²) in [6.45, 7) is 0. The topological polar surface area (TPSA) is 163 Å². The Morgan fingerprint density at radius 1 is 0.889 bits per heavy atom. The zero-order valence-corrected chi connectivity index (χ0v) is 16.3. The Morgan fingerprint density at radius 3 is 2.07 bits per heavy atom. The molecule has 3 aromatic carbocycles. The van der Waals surface area contributed by atoms with Gasteiger partial charge in [0, 0.05) is 0 Å². The molecule has 0 saturated carbocycles. The van der Waals surface area contributed by atoms with Gasteiger partial charge in [-0.25, -0.2) is 0 Å². The predicted octanol–water partition coefficient (Wildman–Crippen LogP) is 1.65. The Labute approximate surface area is 156 Å². The van der Waals surface area contributed by atoms with Crippen molar-refractivity contribution in [3.05, 3.63) is 54.6 Å². The van der Waals surface area contributed by atoms with Gasteiger partial charge in [-0.1, -0.05) is 0 Å². The SMILES string of the molecule is Nc1cc(N=Nc2ccccc2[As](=O)(O)O)c(S(=O)(=O)O)c2ccccc12. The van der Waals surface area contributed by atoms with Crippen molar-refractivity contribution in [2.24, 2.45) is 10.2 Å². The molecule has 3 aromatic rings. The average molecular weight is 451 g/mol. The zero-order chi connectivity index (χ0) is 19.8. The first kappa shape index (κ1) is 19.3. The van der Waals surface area contributed by atoms with Gasteiger partial charge in [-0.2, -0.15) is 0 Å². The van der Waals surface area contributed by atoms with E-state index in [1.807, 2.05) is 0 Å². The van der Waals surface area contributed by atoms with Gasteiger partial charge >= 0.3 is 157 Å². The second kappa shape index (κ2) is 6.91. The molecular weight excluding hydrogens is 437 g/mol. The normalized spacial score (nSPS) is 12.7. The summed E-state index contributed by atoms with van der Waals surface area (Å²) in [5, 5.41) is 8.14. The van der Waals surface area contributed by atoms with Gasteiger partial charge in [0.25, 0.3) is 0 Å². The van der Waals surface area contributed by atoms with Gasteiger partial charge in [0.05, 0.1) is 0 Å². The zero-order valence-electron chi connectivity index (χ0n) is 13.6. The van der Waals surface area contributed by atoms with Crippen LogP contribution < -0.4 is 10.1 Å². The van der Waals surface area contributed by atoms with E-state index in [4.69, 9.17) is 5.73 Å². The number of hydrogen-bond donors (Lipinski definition) is 4. The molecule has 0 saturated heterocycles. The minimum atomic E-state index is -5.27. The van der Waals surface area contributed by atoms with Gasteiger partial charge in [0.1, 0.15) is 0 Å². The molecule has 9 nitrogen and oxygen atoms in total. The number of azo groups is 1. The van der Waals surface area contributed by atoms with Crippen LogP contribution in [0.4, 0.5) is 17.1 Å². The van der Waals surface area contributed by atoms with Crippen molar-refractivity contribution in [3.8, 4) is 0 Å². The average Bonchev–Trinajstić information content (AvgIpc) is 2.58. The molecule has 27 heavy (non-hydrogen) atoms. The molecule has 0 radical (unpaired) electrons. The van der Waals surface area contributed by atoms with Gasteiger partial charge in [0.2, 0.25) is 0 Å². The fourth-order valence-electron chi connectivity index (χ4n) is 2.61. The Balaban J connectivity index is 2.25. The van der Waals surface area contributed by atoms with Crippen molar-refractivity contribution < 1.29 is 24.9 Å². The first-order valence-corrected chi connectivity index (χ1v) is 12.3. The number of nitrogen functional groups attached to an aromatic ring is 1. The molecule has 0 aliphatic carbocycles. The number of fused-ring (bicyclic) bond motifs is 1. The molecule has 0 spiro atoms. The number of rotatable bonds is 4. The standard InChI is InChI=1S/C16H14AsN3O6S/c18-13-9-15(16(27(24,25)26)11-6-2-1-5-10(11)13)20-19-14-8-4-3-7-12(14)17(21,22)23/h1-9H,18H2,(H2,21,22,23)(H,24,25,26). The van der Waals surface area contributed by atoms with Crippen molar-refractivity contribution >= 4 is 56.5 Å². The summed E-state index contributed by atoms with van der Waals surface area (Å²) in [6, 6.07) is 13.0. The summed E-state index contributed by atoms with van der Waals surface area (Å²) in [5.74, 6) is 0. The van der Waals surface area contributed by atoms with E-state index in [1.54, 1.807) is 18.2 Å². The van der Waals surface area contributed by atoms with E-state index in [1.165, 1.54) is 36.4 Å². The molecular formula is C16H14AsN3O6S. The van der Waals surface area contributed by atoms with E-state index >= 15 is 0 Å². The first-order valence-electron chi connectivity index (χ1n) is 7.44. The van der Waals surface area contributed by atoms with Crippen LogP contribution in [0.25, 0.3) is 10.8 Å². The summed E-state index contributed by atoms with van der Waals surface area (Å²) in [7, 11) is -4.68. The van der Waals surface area contributed by atoms with Crippen molar-refractivity contribution in [3.63, 3.8) is 0 Å². The number of nitrogens with two attached hydrogens (primary N) is 1. The molecule has 5 N–H and O–H groups in total. The van der Waals surface area contributed by atoms with Crippen LogP contribution in [0.1, 0.15) is 0 Å². The van der Waals surface area contributed by atoms with E-state index in [0.717, 1.165) is 0 Å². The van der Waals surface area contributed by atoms with E-state index in [0.29, 0.717) is 5.39 Å². The van der Waals surface area contributed by atoms with E-state index in [9.17, 15) is 24.9 Å². The first-order chi connectivity index (χ1) is 12.6. The quantitative estimate of drug-likeness (QED) is 0.203. The van der Waals surface area contributed by atoms with Gasteiger partial charge < -0.3 is 0 Å². The van der Waals surface area contributed by atoms with E-state index in [2.05, 4.69) is 10.2 Å². The molecule has 0 aromatic heterocycles. The number of nitrogens with zero attached hydrogens (tertiary/aromatic N) is 2. The summed E-state index contributed by atoms with van der Waals surface area (Å²) < 4.78 is 63.7. The van der Waals surface area contributed by atoms with E-state index in [-0.39, 0.29) is 26.8 Å². The molecule has 0 unspecified atom stereocenters. The molecule has 140 valence electrons. The van der Waals surface area contributed by atoms with Gasteiger partial charge in [-0.3, -0.25) is 0 Å². The summed E-state index contributed by atoms with van der Waals surface area (Å²) >= 11 is -5.27. The molecule has 3 rings (SSSR count). The summed E-state index contributed by atoms with van der Waals surface area (Å²) in [6.07, 6.45) is 0. The molecule has 0 fully saturated rings. The van der Waals surface area contributed by atoms with Crippen molar-refractivity contribution in [1.82, 2.24) is 0 Å². The van der Waals surface area contributed by atoms with Crippen molar-refractivity contribution in [2.75, 3.05) is 5.73 Å². The molecule has 0 amide bonds. The third-order valence-corrected chi connectivity index (χ3v) is 6.78. The fourth-order valence-corrected chi connectivity index (χ4v) is 4.89. The predicted molar refractivity (Wildman–Crippen MR) is 99.3 cm³/mol. The monoisotopic (exact) mass is 451 g/mol. The third-order valence-electron chi connectivity index (χ3n) is 3.73. The summed E-state index contributed by atoms with van der Waals surface area (Å²) in [4.78, 5) is -0.491. The molecule has 0 aliphatic rings. The third kappa shape index (κ3) is 3.94. The molecule has 0 bridgehead atoms. The van der Waals surface area contributed by atoms with Gasteiger partial charge in [-0.05, 0) is 0 Å². The maximum atomic E-state index is 11.9. The molecule has 0 aliphatic heterocycles. The van der Waals surface area contributed by atoms with Crippen molar-refractivity contribution in [1.29, 1.82) is 0 Å². The Bertz CT molecular complexity index is 1220. The number of hydrogen-bond acceptors (Lipinski definition) is 6. The van der Waals surface area contributed by atoms with E-state index < -0.39 is 29.2 Å². The van der Waals surface area contributed by atoms with Crippen LogP contribution in [0.3, 0.4) is 0 Å². The Morgan fingerprint density at radius 2 is 1.44 bits per heavy atom. The van der Waals surface area contributed by atoms with Crippen LogP contribution in [0.15, 0.2) is 69.7 Å². The van der Waals surface area contributed by atoms with Crippen molar-refractivity contribution in [2.45, 2.75) is 4.90 Å². The molecule has 0 heterocycles. The van der Waals surface area contributed by atoms with Crippen LogP contribution >= 0.6 is 0 Å². The van der Waals surface area contributed by atoms with Gasteiger partial charge in [0.15, 0.2) is 0 Å².